The number of nitrogens with zero attached hydrogens (tertiary/aromatic N) is 2. The van der Waals surface area contributed by atoms with Crippen molar-refractivity contribution in [2.45, 2.75) is 26.9 Å². The molecule has 1 aromatic heterocycles. The maximum atomic E-state index is 12.6. The molecular weight excluding hydrogens is 340 g/mol. The fraction of sp³-hybridized carbons (Fsp3) is 0.190. The third-order valence-corrected chi connectivity index (χ3v) is 3.69. The average molecular weight is 362 g/mol. The number of para-hydroxylation sites is 2. The summed E-state index contributed by atoms with van der Waals surface area (Å²) in [7, 11) is 0. The van der Waals surface area contributed by atoms with Gasteiger partial charge >= 0.3 is 0 Å². The summed E-state index contributed by atoms with van der Waals surface area (Å²) in [6, 6.07) is 16.8. The number of carbonyl (C=O) groups excluding carboxylic acids is 1. The van der Waals surface area contributed by atoms with Crippen molar-refractivity contribution in [2.75, 3.05) is 10.6 Å². The Morgan fingerprint density at radius 1 is 1.04 bits per heavy atom. The van der Waals surface area contributed by atoms with E-state index in [4.69, 9.17) is 4.74 Å². The van der Waals surface area contributed by atoms with Crippen molar-refractivity contribution in [3.05, 3.63) is 72.2 Å². The molecule has 0 aliphatic carbocycles. The van der Waals surface area contributed by atoms with Crippen LogP contribution >= 0.6 is 0 Å². The highest BCUT2D eigenvalue weighted by Crippen LogP contribution is 2.25. The topological polar surface area (TPSA) is 76.1 Å². The summed E-state index contributed by atoms with van der Waals surface area (Å²) < 4.78 is 5.74. The second-order valence-corrected chi connectivity index (χ2v) is 6.40. The minimum Gasteiger partial charge on any atom is -0.489 e. The summed E-state index contributed by atoms with van der Waals surface area (Å²) in [4.78, 5) is 20.9. The van der Waals surface area contributed by atoms with Crippen molar-refractivity contribution in [3.63, 3.8) is 0 Å². The predicted octanol–water partition coefficient (Wildman–Crippen LogP) is 4.57. The average Bonchev–Trinajstić information content (AvgIpc) is 2.63. The molecule has 0 spiro atoms. The van der Waals surface area contributed by atoms with E-state index in [1.165, 1.54) is 6.33 Å². The van der Waals surface area contributed by atoms with Crippen LogP contribution < -0.4 is 15.4 Å². The maximum absolute atomic E-state index is 12.6. The summed E-state index contributed by atoms with van der Waals surface area (Å²) in [6.07, 6.45) is 1.37. The van der Waals surface area contributed by atoms with Gasteiger partial charge in [-0.15, -0.1) is 0 Å². The van der Waals surface area contributed by atoms with E-state index < -0.39 is 0 Å². The number of anilines is 3. The molecule has 2 aromatic carbocycles. The maximum Gasteiger partial charge on any atom is 0.274 e. The van der Waals surface area contributed by atoms with Crippen LogP contribution in [0.5, 0.6) is 5.75 Å². The van der Waals surface area contributed by atoms with Gasteiger partial charge in [-0.3, -0.25) is 4.79 Å². The Hall–Kier alpha value is -3.41. The molecule has 0 aliphatic heterocycles. The molecule has 2 N–H and O–H groups in total. The molecule has 1 amide bonds. The van der Waals surface area contributed by atoms with Crippen LogP contribution in [0.3, 0.4) is 0 Å². The standard InChI is InChI=1S/C21H22N4O2/c1-14(2)27-19-10-5-4-9-17(19)25-21(26)18-12-20(23-13-22-18)24-16-8-6-7-15(3)11-16/h4-14H,1-3H3,(H,25,26)(H,22,23,24). The number of aromatic nitrogens is 2. The molecule has 0 radical (unpaired) electrons. The molecule has 138 valence electrons. The van der Waals surface area contributed by atoms with E-state index in [1.54, 1.807) is 12.1 Å². The Labute approximate surface area is 158 Å². The zero-order chi connectivity index (χ0) is 19.2. The van der Waals surface area contributed by atoms with Gasteiger partial charge in [0, 0.05) is 11.8 Å². The quantitative estimate of drug-likeness (QED) is 0.672. The largest absolute Gasteiger partial charge is 0.489 e. The molecule has 0 atom stereocenters. The highest BCUT2D eigenvalue weighted by molar-refractivity contribution is 6.04. The molecule has 0 saturated carbocycles. The van der Waals surface area contributed by atoms with Crippen LogP contribution in [0.1, 0.15) is 29.9 Å². The fourth-order valence-electron chi connectivity index (χ4n) is 2.53. The number of nitrogens with one attached hydrogen (secondary N) is 2. The Balaban J connectivity index is 1.76. The van der Waals surface area contributed by atoms with Crippen LogP contribution in [0, 0.1) is 6.92 Å². The van der Waals surface area contributed by atoms with Crippen molar-refractivity contribution >= 4 is 23.1 Å². The first-order valence-corrected chi connectivity index (χ1v) is 8.74. The van der Waals surface area contributed by atoms with Crippen LogP contribution in [0.4, 0.5) is 17.2 Å². The van der Waals surface area contributed by atoms with E-state index >= 15 is 0 Å². The first-order valence-electron chi connectivity index (χ1n) is 8.74. The predicted molar refractivity (Wildman–Crippen MR) is 107 cm³/mol. The van der Waals surface area contributed by atoms with E-state index in [-0.39, 0.29) is 17.7 Å². The number of benzene rings is 2. The van der Waals surface area contributed by atoms with Crippen molar-refractivity contribution in [1.82, 2.24) is 9.97 Å². The van der Waals surface area contributed by atoms with E-state index in [9.17, 15) is 4.79 Å². The third kappa shape index (κ3) is 5.04. The highest BCUT2D eigenvalue weighted by Gasteiger charge is 2.13. The Morgan fingerprint density at radius 3 is 2.63 bits per heavy atom. The van der Waals surface area contributed by atoms with Crippen molar-refractivity contribution in [3.8, 4) is 5.75 Å². The first kappa shape index (κ1) is 18.4. The van der Waals surface area contributed by atoms with Gasteiger partial charge in [0.1, 0.15) is 23.6 Å². The Kier molecular flexibility index (Phi) is 5.66. The van der Waals surface area contributed by atoms with Gasteiger partial charge in [-0.2, -0.15) is 0 Å². The second kappa shape index (κ2) is 8.31. The number of hydrogen-bond acceptors (Lipinski definition) is 5. The van der Waals surface area contributed by atoms with Crippen molar-refractivity contribution < 1.29 is 9.53 Å². The molecule has 3 aromatic rings. The molecule has 3 rings (SSSR count). The Bertz CT molecular complexity index is 941. The summed E-state index contributed by atoms with van der Waals surface area (Å²) in [5.74, 6) is 0.838. The second-order valence-electron chi connectivity index (χ2n) is 6.40. The monoisotopic (exact) mass is 362 g/mol. The Morgan fingerprint density at radius 2 is 1.85 bits per heavy atom. The molecule has 6 nitrogen and oxygen atoms in total. The molecule has 0 unspecified atom stereocenters. The number of amides is 1. The molecule has 27 heavy (non-hydrogen) atoms. The molecule has 1 heterocycles. The number of ether oxygens (including phenoxy) is 1. The van der Waals surface area contributed by atoms with Gasteiger partial charge in [-0.25, -0.2) is 9.97 Å². The van der Waals surface area contributed by atoms with Crippen LogP contribution in [-0.2, 0) is 0 Å². The van der Waals surface area contributed by atoms with Crippen molar-refractivity contribution in [2.24, 2.45) is 0 Å². The lowest BCUT2D eigenvalue weighted by Gasteiger charge is -2.14. The zero-order valence-corrected chi connectivity index (χ0v) is 15.6. The van der Waals surface area contributed by atoms with E-state index in [0.717, 1.165) is 11.3 Å². The van der Waals surface area contributed by atoms with Gasteiger partial charge in [-0.1, -0.05) is 24.3 Å². The first-order chi connectivity index (χ1) is 13.0. The number of aryl methyl sites for hydroxylation is 1. The van der Waals surface area contributed by atoms with Gasteiger partial charge in [-0.05, 0) is 50.6 Å². The lowest BCUT2D eigenvalue weighted by molar-refractivity contribution is 0.102. The van der Waals surface area contributed by atoms with Gasteiger partial charge in [0.2, 0.25) is 0 Å². The number of hydrogen-bond donors (Lipinski definition) is 2. The number of rotatable bonds is 6. The summed E-state index contributed by atoms with van der Waals surface area (Å²) in [5.41, 5.74) is 2.90. The van der Waals surface area contributed by atoms with E-state index in [0.29, 0.717) is 17.3 Å². The SMILES string of the molecule is Cc1cccc(Nc2cc(C(=O)Nc3ccccc3OC(C)C)ncn2)c1. The van der Waals surface area contributed by atoms with Gasteiger partial charge in [0.05, 0.1) is 11.8 Å². The minimum atomic E-state index is -0.329. The van der Waals surface area contributed by atoms with Crippen LogP contribution in [0.25, 0.3) is 0 Å². The lowest BCUT2D eigenvalue weighted by atomic mass is 10.2. The van der Waals surface area contributed by atoms with Crippen LogP contribution in [-0.4, -0.2) is 22.0 Å². The van der Waals surface area contributed by atoms with Crippen LogP contribution in [0.2, 0.25) is 0 Å². The van der Waals surface area contributed by atoms with Gasteiger partial charge in [0.15, 0.2) is 0 Å². The third-order valence-electron chi connectivity index (χ3n) is 3.69. The normalized spacial score (nSPS) is 10.5. The molecule has 0 fully saturated rings. The number of carbonyl (C=O) groups is 1. The summed E-state index contributed by atoms with van der Waals surface area (Å²) in [6.45, 7) is 5.89. The summed E-state index contributed by atoms with van der Waals surface area (Å²) >= 11 is 0. The zero-order valence-electron chi connectivity index (χ0n) is 15.6. The fourth-order valence-corrected chi connectivity index (χ4v) is 2.53. The van der Waals surface area contributed by atoms with Gasteiger partial charge < -0.3 is 15.4 Å². The van der Waals surface area contributed by atoms with E-state index in [1.807, 2.05) is 63.2 Å². The smallest absolute Gasteiger partial charge is 0.274 e. The summed E-state index contributed by atoms with van der Waals surface area (Å²) in [5, 5.41) is 6.04. The minimum absolute atomic E-state index is 0.00670. The molecule has 6 heteroatoms. The van der Waals surface area contributed by atoms with Gasteiger partial charge in [0.25, 0.3) is 5.91 Å². The van der Waals surface area contributed by atoms with Crippen LogP contribution in [0.15, 0.2) is 60.9 Å². The molecule has 0 saturated heterocycles. The molecule has 0 bridgehead atoms. The van der Waals surface area contributed by atoms with E-state index in [2.05, 4.69) is 20.6 Å². The molecule has 0 aliphatic rings. The lowest BCUT2D eigenvalue weighted by Crippen LogP contribution is -2.16. The molecular formula is C21H22N4O2. The highest BCUT2D eigenvalue weighted by atomic mass is 16.5. The van der Waals surface area contributed by atoms with Crippen molar-refractivity contribution in [1.29, 1.82) is 0 Å².